The highest BCUT2D eigenvalue weighted by atomic mass is 32.2. The maximum atomic E-state index is 13.5. The van der Waals surface area contributed by atoms with Gasteiger partial charge in [-0.05, 0) is 49.4 Å². The standard InChI is InChI=1S/C33H20N4O4S/c1-19-32(20-15-16-22-21-8-2-3-13-27(21)42(38,39)28(22)18-20)34-37-33-30-23(36(19)37)9-6-10-24(30)40-25-11-7-12-26(31(25)33)41-29-14-4-5-17-35(29)33/h2-18H,1H3/q+2. The van der Waals surface area contributed by atoms with Gasteiger partial charge < -0.3 is 9.47 Å². The van der Waals surface area contributed by atoms with Crippen molar-refractivity contribution in [2.24, 2.45) is 0 Å². The molecule has 200 valence electrons. The second-order valence-corrected chi connectivity index (χ2v) is 12.8. The van der Waals surface area contributed by atoms with E-state index < -0.39 is 15.5 Å². The lowest BCUT2D eigenvalue weighted by Crippen LogP contribution is -2.77. The molecule has 0 amide bonds. The first kappa shape index (κ1) is 22.4. The lowest BCUT2D eigenvalue weighted by Gasteiger charge is -2.30. The fourth-order valence-corrected chi connectivity index (χ4v) is 8.92. The van der Waals surface area contributed by atoms with E-state index in [-0.39, 0.29) is 0 Å². The monoisotopic (exact) mass is 568 g/mol. The van der Waals surface area contributed by atoms with Crippen LogP contribution in [0, 0.1) is 6.92 Å². The van der Waals surface area contributed by atoms with Gasteiger partial charge >= 0.3 is 11.5 Å². The minimum atomic E-state index is -3.64. The maximum Gasteiger partial charge on any atom is 0.477 e. The third-order valence-electron chi connectivity index (χ3n) is 8.87. The second-order valence-electron chi connectivity index (χ2n) is 10.9. The number of aromatic nitrogens is 4. The van der Waals surface area contributed by atoms with Crippen LogP contribution in [0.5, 0.6) is 23.1 Å². The summed E-state index contributed by atoms with van der Waals surface area (Å²) in [5.41, 5.74) is 5.62. The molecule has 1 unspecified atom stereocenters. The van der Waals surface area contributed by atoms with Crippen LogP contribution in [0.15, 0.2) is 113 Å². The van der Waals surface area contributed by atoms with Crippen LogP contribution >= 0.6 is 0 Å². The molecular formula is C33H20N4O4S+2. The van der Waals surface area contributed by atoms with Crippen molar-refractivity contribution in [2.45, 2.75) is 22.4 Å². The molecule has 0 N–H and O–H groups in total. The van der Waals surface area contributed by atoms with Crippen molar-refractivity contribution in [3.8, 4) is 51.2 Å². The quantitative estimate of drug-likeness (QED) is 0.259. The highest BCUT2D eigenvalue weighted by Crippen LogP contribution is 2.55. The molecule has 0 aliphatic carbocycles. The van der Waals surface area contributed by atoms with Gasteiger partial charge in [0.15, 0.2) is 28.8 Å². The molecule has 42 heavy (non-hydrogen) atoms. The number of hydrogen-bond acceptors (Lipinski definition) is 5. The van der Waals surface area contributed by atoms with E-state index in [2.05, 4.69) is 15.3 Å². The number of nitrogens with zero attached hydrogens (tertiary/aromatic N) is 4. The normalized spacial score (nSPS) is 18.5. The van der Waals surface area contributed by atoms with Crippen LogP contribution in [0.25, 0.3) is 28.1 Å². The summed E-state index contributed by atoms with van der Waals surface area (Å²) in [5.74, 6) is 2.82. The molecule has 1 atom stereocenters. The van der Waals surface area contributed by atoms with Crippen molar-refractivity contribution in [3.63, 3.8) is 0 Å². The lowest BCUT2D eigenvalue weighted by molar-refractivity contribution is -1.02. The van der Waals surface area contributed by atoms with E-state index >= 15 is 0 Å². The van der Waals surface area contributed by atoms with Crippen molar-refractivity contribution in [1.29, 1.82) is 0 Å². The predicted octanol–water partition coefficient (Wildman–Crippen LogP) is 5.06. The first-order chi connectivity index (χ1) is 20.5. The van der Waals surface area contributed by atoms with E-state index in [1.807, 2.05) is 90.7 Å². The zero-order chi connectivity index (χ0) is 28.0. The van der Waals surface area contributed by atoms with Crippen LogP contribution in [0.2, 0.25) is 0 Å². The van der Waals surface area contributed by atoms with Gasteiger partial charge in [-0.15, -0.1) is 0 Å². The molecule has 6 aromatic rings. The van der Waals surface area contributed by atoms with Crippen LogP contribution in [-0.2, 0) is 15.5 Å². The molecule has 0 saturated heterocycles. The molecule has 6 heterocycles. The Morgan fingerprint density at radius 3 is 2.38 bits per heavy atom. The molecule has 2 aromatic heterocycles. The number of pyridine rings is 1. The number of ether oxygens (including phenoxy) is 2. The highest BCUT2D eigenvalue weighted by molar-refractivity contribution is 7.92. The van der Waals surface area contributed by atoms with Gasteiger partial charge in [-0.2, -0.15) is 0 Å². The van der Waals surface area contributed by atoms with Crippen molar-refractivity contribution >= 4 is 9.84 Å². The fraction of sp³-hybridized carbons (Fsp3) is 0.0606. The Bertz CT molecular complexity index is 2350. The van der Waals surface area contributed by atoms with Gasteiger partial charge in [0.25, 0.3) is 0 Å². The fourth-order valence-electron chi connectivity index (χ4n) is 7.20. The summed E-state index contributed by atoms with van der Waals surface area (Å²) in [4.78, 5) is 2.65. The molecule has 0 fully saturated rings. The van der Waals surface area contributed by atoms with Crippen molar-refractivity contribution < 1.29 is 27.3 Å². The Morgan fingerprint density at radius 2 is 1.50 bits per heavy atom. The molecule has 4 aromatic carbocycles. The summed E-state index contributed by atoms with van der Waals surface area (Å²) in [6.07, 6.45) is 2.01. The largest absolute Gasteiger partial charge is 0.477 e. The summed E-state index contributed by atoms with van der Waals surface area (Å²) in [6, 6.07) is 30.6. The van der Waals surface area contributed by atoms with Crippen LogP contribution < -0.4 is 18.8 Å². The van der Waals surface area contributed by atoms with E-state index in [1.165, 1.54) is 0 Å². The topological polar surface area (TPSA) is 78.2 Å². The first-order valence-corrected chi connectivity index (χ1v) is 15.1. The van der Waals surface area contributed by atoms with Gasteiger partial charge in [0.2, 0.25) is 9.84 Å². The summed E-state index contributed by atoms with van der Waals surface area (Å²) in [6.45, 7) is 2.02. The third kappa shape index (κ3) is 2.35. The van der Waals surface area contributed by atoms with Gasteiger partial charge in [-0.3, -0.25) is 0 Å². The maximum absolute atomic E-state index is 13.5. The van der Waals surface area contributed by atoms with E-state index in [0.717, 1.165) is 44.9 Å². The summed E-state index contributed by atoms with van der Waals surface area (Å²) >= 11 is 0. The number of benzene rings is 4. The molecule has 4 aliphatic rings. The molecule has 8 nitrogen and oxygen atoms in total. The van der Waals surface area contributed by atoms with E-state index in [1.54, 1.807) is 18.2 Å². The molecule has 4 aliphatic heterocycles. The minimum absolute atomic E-state index is 0.309. The first-order valence-electron chi connectivity index (χ1n) is 13.7. The zero-order valence-corrected chi connectivity index (χ0v) is 23.0. The Balaban J connectivity index is 1.29. The SMILES string of the molecule is Cc1c(-c2ccc3c(c2)S(=O)(=O)c2ccccc2-3)n[n+]2n1-c1cccc3c1C21c2c(cccc2Oc2cccc[n+]21)O3. The zero-order valence-electron chi connectivity index (χ0n) is 22.1. The third-order valence-corrected chi connectivity index (χ3v) is 10.7. The lowest BCUT2D eigenvalue weighted by atomic mass is 9.85. The van der Waals surface area contributed by atoms with Gasteiger partial charge in [0.1, 0.15) is 22.9 Å². The molecular weight excluding hydrogens is 548 g/mol. The van der Waals surface area contributed by atoms with Gasteiger partial charge in [0.05, 0.1) is 20.7 Å². The van der Waals surface area contributed by atoms with Crippen LogP contribution in [0.3, 0.4) is 0 Å². The van der Waals surface area contributed by atoms with Gasteiger partial charge in [-0.25, -0.2) is 8.42 Å². The summed E-state index contributed by atoms with van der Waals surface area (Å²) in [5, 5.41) is 5.29. The molecule has 9 heteroatoms. The molecule has 10 rings (SSSR count). The number of fused-ring (bicyclic) bond motifs is 6. The van der Waals surface area contributed by atoms with E-state index in [9.17, 15) is 8.42 Å². The second kappa shape index (κ2) is 7.13. The van der Waals surface area contributed by atoms with Crippen LogP contribution in [0.1, 0.15) is 16.8 Å². The Morgan fingerprint density at radius 1 is 0.762 bits per heavy atom. The van der Waals surface area contributed by atoms with Crippen LogP contribution in [0.4, 0.5) is 0 Å². The average Bonchev–Trinajstić information content (AvgIpc) is 3.59. The highest BCUT2D eigenvalue weighted by Gasteiger charge is 2.73. The molecule has 0 saturated carbocycles. The van der Waals surface area contributed by atoms with Crippen LogP contribution in [-0.4, -0.2) is 18.2 Å². The van der Waals surface area contributed by atoms with Crippen molar-refractivity contribution in [3.05, 3.63) is 120 Å². The average molecular weight is 569 g/mol. The Labute approximate surface area is 240 Å². The summed E-state index contributed by atoms with van der Waals surface area (Å²) in [7, 11) is -3.64. The smallest absolute Gasteiger partial charge is 0.455 e. The minimum Gasteiger partial charge on any atom is -0.455 e. The Hall–Kier alpha value is -5.28. The van der Waals surface area contributed by atoms with Gasteiger partial charge in [-0.1, -0.05) is 51.7 Å². The molecule has 1 spiro atoms. The van der Waals surface area contributed by atoms with E-state index in [4.69, 9.17) is 14.6 Å². The molecule has 0 radical (unpaired) electrons. The molecule has 0 bridgehead atoms. The van der Waals surface area contributed by atoms with E-state index in [0.29, 0.717) is 32.9 Å². The number of sulfone groups is 1. The Kier molecular flexibility index (Phi) is 3.80. The number of rotatable bonds is 1. The van der Waals surface area contributed by atoms with Crippen molar-refractivity contribution in [1.82, 2.24) is 9.78 Å². The number of hydrogen-bond donors (Lipinski definition) is 0. The van der Waals surface area contributed by atoms with Gasteiger partial charge in [0, 0.05) is 27.9 Å². The van der Waals surface area contributed by atoms with Crippen molar-refractivity contribution in [2.75, 3.05) is 0 Å². The predicted molar refractivity (Wildman–Crippen MR) is 150 cm³/mol. The summed E-state index contributed by atoms with van der Waals surface area (Å²) < 4.78 is 44.2.